The van der Waals surface area contributed by atoms with E-state index in [0.717, 1.165) is 6.26 Å². The van der Waals surface area contributed by atoms with Crippen LogP contribution in [0.15, 0.2) is 12.3 Å². The van der Waals surface area contributed by atoms with E-state index in [1.165, 1.54) is 6.08 Å². The van der Waals surface area contributed by atoms with Crippen molar-refractivity contribution in [1.82, 2.24) is 0 Å². The van der Waals surface area contributed by atoms with Crippen LogP contribution in [0.3, 0.4) is 0 Å². The van der Waals surface area contributed by atoms with Crippen LogP contribution >= 0.6 is 0 Å². The summed E-state index contributed by atoms with van der Waals surface area (Å²) < 4.78 is 0. The maximum absolute atomic E-state index is 10.3. The Morgan fingerprint density at radius 1 is 1.75 bits per heavy atom. The van der Waals surface area contributed by atoms with Crippen LogP contribution in [0, 0.1) is 4.91 Å². The molecule has 0 saturated carbocycles. The third-order valence-corrected chi connectivity index (χ3v) is 0.717. The summed E-state index contributed by atoms with van der Waals surface area (Å²) in [5, 5.41) is 0. The minimum atomic E-state index is -0.230. The second-order valence-electron chi connectivity index (χ2n) is 1.37. The number of carbonyl (C=O) groups excluding carboxylic acids is 1. The van der Waals surface area contributed by atoms with E-state index in [1.807, 2.05) is 0 Å². The van der Waals surface area contributed by atoms with Crippen LogP contribution in [0.1, 0.15) is 0 Å². The minimum Gasteiger partial charge on any atom is -0.287 e. The van der Waals surface area contributed by atoms with Crippen molar-refractivity contribution in [2.45, 2.75) is 0 Å². The summed E-state index contributed by atoms with van der Waals surface area (Å²) in [7, 11) is 0. The van der Waals surface area contributed by atoms with E-state index in [1.54, 1.807) is 0 Å². The topological polar surface area (TPSA) is 46.4 Å². The minimum absolute atomic E-state index is 0.198. The van der Waals surface area contributed by atoms with Crippen LogP contribution in [0.5, 0.6) is 0 Å². The lowest BCUT2D eigenvalue weighted by Gasteiger charge is -1.89. The van der Waals surface area contributed by atoms with Gasteiger partial charge >= 0.3 is 6.54 Å². The van der Waals surface area contributed by atoms with Crippen LogP contribution in [-0.2, 0) is 9.63 Å². The summed E-state index contributed by atoms with van der Waals surface area (Å²) in [5.41, 5.74) is 0. The molecular formula is C4H4NO3+. The molecule has 0 bridgehead atoms. The molecule has 4 nitrogen and oxygen atoms in total. The van der Waals surface area contributed by atoms with Crippen molar-refractivity contribution in [3.05, 3.63) is 17.2 Å². The summed E-state index contributed by atoms with van der Waals surface area (Å²) in [6.45, 7) is -0.198. The van der Waals surface area contributed by atoms with Gasteiger partial charge in [0.25, 0.3) is 0 Å². The molecule has 1 rings (SSSR count). The van der Waals surface area contributed by atoms with Gasteiger partial charge in [0.05, 0.1) is 4.91 Å². The Labute approximate surface area is 45.3 Å². The predicted octanol–water partition coefficient (Wildman–Crippen LogP) is -0.207. The summed E-state index contributed by atoms with van der Waals surface area (Å²) in [4.78, 5) is 24.8. The maximum atomic E-state index is 10.3. The highest BCUT2D eigenvalue weighted by Gasteiger charge is 2.18. The monoisotopic (exact) mass is 114 g/mol. The number of carbonyl (C=O) groups is 1. The molecule has 0 aromatic carbocycles. The van der Waals surface area contributed by atoms with Gasteiger partial charge in [-0.25, -0.2) is 0 Å². The molecule has 42 valence electrons. The molecule has 0 saturated heterocycles. The lowest BCUT2D eigenvalue weighted by molar-refractivity contribution is -0.779. The third-order valence-electron chi connectivity index (χ3n) is 0.717. The fourth-order valence-corrected chi connectivity index (χ4v) is 0.391. The zero-order valence-corrected chi connectivity index (χ0v) is 4.03. The van der Waals surface area contributed by atoms with Gasteiger partial charge in [0.2, 0.25) is 10.7 Å². The maximum Gasteiger partial charge on any atom is 0.310 e. The first-order valence-electron chi connectivity index (χ1n) is 2.10. The Hall–Kier alpha value is -1.19. The van der Waals surface area contributed by atoms with Gasteiger partial charge < -0.3 is 0 Å². The summed E-state index contributed by atoms with van der Waals surface area (Å²) in [6, 6.07) is 0. The Morgan fingerprint density at radius 3 is 2.88 bits per heavy atom. The first kappa shape index (κ1) is 4.96. The van der Waals surface area contributed by atoms with Crippen molar-refractivity contribution < 1.29 is 14.6 Å². The molecule has 4 heteroatoms. The van der Waals surface area contributed by atoms with Gasteiger partial charge in [-0.3, -0.25) is 4.79 Å². The van der Waals surface area contributed by atoms with E-state index >= 15 is 0 Å². The zero-order valence-electron chi connectivity index (χ0n) is 4.03. The highest BCUT2D eigenvalue weighted by atomic mass is 16.8. The fraction of sp³-hybridized carbons (Fsp3) is 0.250. The lowest BCUT2D eigenvalue weighted by Crippen LogP contribution is -2.19. The average molecular weight is 114 g/mol. The molecule has 1 heterocycles. The van der Waals surface area contributed by atoms with Crippen molar-refractivity contribution in [2.75, 3.05) is 6.54 Å². The summed E-state index contributed by atoms with van der Waals surface area (Å²) in [6.07, 6.45) is 2.28. The van der Waals surface area contributed by atoms with Crippen molar-refractivity contribution in [1.29, 1.82) is 0 Å². The van der Waals surface area contributed by atoms with E-state index in [0.29, 0.717) is 0 Å². The number of rotatable bonds is 0. The molecule has 0 aromatic rings. The number of nitrogens with zero attached hydrogens (tertiary/aromatic N) is 1. The molecule has 1 aliphatic heterocycles. The lowest BCUT2D eigenvalue weighted by atomic mass is 10.4. The first-order chi connectivity index (χ1) is 3.79. The molecule has 0 unspecified atom stereocenters. The van der Waals surface area contributed by atoms with E-state index < -0.39 is 0 Å². The van der Waals surface area contributed by atoms with Crippen molar-refractivity contribution >= 4 is 5.78 Å². The molecule has 0 amide bonds. The molecule has 0 aliphatic carbocycles. The number of ketones is 1. The Balaban J connectivity index is 2.68. The van der Waals surface area contributed by atoms with Crippen molar-refractivity contribution in [3.8, 4) is 0 Å². The zero-order chi connectivity index (χ0) is 5.98. The van der Waals surface area contributed by atoms with Crippen molar-refractivity contribution in [2.24, 2.45) is 0 Å². The quantitative estimate of drug-likeness (QED) is 0.438. The molecule has 0 radical (unpaired) electrons. The van der Waals surface area contributed by atoms with Gasteiger partial charge in [-0.05, 0) is 0 Å². The smallest absolute Gasteiger partial charge is 0.287 e. The Bertz CT molecular complexity index is 161. The largest absolute Gasteiger partial charge is 0.310 e. The van der Waals surface area contributed by atoms with E-state index in [-0.39, 0.29) is 17.3 Å². The SMILES string of the molecule is O=C1C=CO[N+](=O)C1. The molecule has 0 spiro atoms. The third kappa shape index (κ3) is 0.900. The number of hydrogen-bond acceptors (Lipinski definition) is 3. The van der Waals surface area contributed by atoms with Crippen molar-refractivity contribution in [3.63, 3.8) is 0 Å². The van der Waals surface area contributed by atoms with Gasteiger partial charge in [-0.2, -0.15) is 4.84 Å². The second kappa shape index (κ2) is 1.73. The van der Waals surface area contributed by atoms with Crippen LogP contribution in [0.25, 0.3) is 0 Å². The molecule has 0 N–H and O–H groups in total. The Kier molecular flexibility index (Phi) is 1.07. The fourth-order valence-electron chi connectivity index (χ4n) is 0.391. The molecule has 0 fully saturated rings. The highest BCUT2D eigenvalue weighted by Crippen LogP contribution is 1.90. The first-order valence-corrected chi connectivity index (χ1v) is 2.10. The van der Waals surface area contributed by atoms with Crippen LogP contribution in [0.4, 0.5) is 0 Å². The molecule has 1 aliphatic rings. The van der Waals surface area contributed by atoms with Gasteiger partial charge in [-0.15, -0.1) is 0 Å². The normalized spacial score (nSPS) is 18.5. The predicted molar refractivity (Wildman–Crippen MR) is 23.7 cm³/mol. The standard InChI is InChI=1S/C4H4NO3/c6-4-1-2-8-5(7)3-4/h1-2H,3H2/q+1. The second-order valence-corrected chi connectivity index (χ2v) is 1.37. The van der Waals surface area contributed by atoms with E-state index in [9.17, 15) is 9.70 Å². The van der Waals surface area contributed by atoms with Gasteiger partial charge in [0.15, 0.2) is 6.26 Å². The molecule has 0 aromatic heterocycles. The summed E-state index contributed by atoms with van der Waals surface area (Å²) in [5.74, 6) is -0.230. The molecular weight excluding hydrogens is 110 g/mol. The molecule has 0 atom stereocenters. The number of hydrogen-bond donors (Lipinski definition) is 0. The Morgan fingerprint density at radius 2 is 2.50 bits per heavy atom. The van der Waals surface area contributed by atoms with E-state index in [4.69, 9.17) is 0 Å². The van der Waals surface area contributed by atoms with Gasteiger partial charge in [-0.1, -0.05) is 0 Å². The summed E-state index contributed by atoms with van der Waals surface area (Å²) >= 11 is 0. The van der Waals surface area contributed by atoms with Gasteiger partial charge in [0, 0.05) is 6.08 Å². The van der Waals surface area contributed by atoms with Gasteiger partial charge in [0.1, 0.15) is 0 Å². The van der Waals surface area contributed by atoms with E-state index in [2.05, 4.69) is 4.84 Å². The van der Waals surface area contributed by atoms with Crippen LogP contribution < -0.4 is 0 Å². The van der Waals surface area contributed by atoms with Crippen LogP contribution in [-0.4, -0.2) is 17.3 Å². The van der Waals surface area contributed by atoms with Crippen LogP contribution in [0.2, 0.25) is 0 Å². The molecule has 8 heavy (non-hydrogen) atoms. The highest BCUT2D eigenvalue weighted by molar-refractivity contribution is 5.90. The average Bonchev–Trinajstić information content (AvgIpc) is 1.64.